The molecule has 8 heteroatoms. The third kappa shape index (κ3) is 4.01. The molecule has 0 fully saturated rings. The first-order chi connectivity index (χ1) is 9.35. The van der Waals surface area contributed by atoms with Crippen LogP contribution in [0.1, 0.15) is 35.1 Å². The molecule has 1 atom stereocenters. The molecule has 1 aromatic rings. The minimum Gasteiger partial charge on any atom is -0.481 e. The van der Waals surface area contributed by atoms with E-state index < -0.39 is 30.3 Å². The summed E-state index contributed by atoms with van der Waals surface area (Å²) in [5.74, 6) is -3.39. The highest BCUT2D eigenvalue weighted by Gasteiger charge is 2.24. The SMILES string of the molecule is CCc1nnc(C)cc1C(=O)N[C@@H](CC(=O)O)C(=O)O. The van der Waals surface area contributed by atoms with Crippen molar-refractivity contribution in [3.8, 4) is 0 Å². The number of carboxylic acids is 2. The zero-order valence-corrected chi connectivity index (χ0v) is 11.1. The van der Waals surface area contributed by atoms with Gasteiger partial charge in [0.15, 0.2) is 0 Å². The first-order valence-corrected chi connectivity index (χ1v) is 5.93. The number of carbonyl (C=O) groups is 3. The van der Waals surface area contributed by atoms with E-state index in [1.165, 1.54) is 6.07 Å². The van der Waals surface area contributed by atoms with Crippen LogP contribution < -0.4 is 5.32 Å². The highest BCUT2D eigenvalue weighted by Crippen LogP contribution is 2.08. The van der Waals surface area contributed by atoms with Gasteiger partial charge in [-0.05, 0) is 19.4 Å². The lowest BCUT2D eigenvalue weighted by Crippen LogP contribution is -2.42. The molecule has 0 aliphatic rings. The van der Waals surface area contributed by atoms with Crippen LogP contribution in [-0.4, -0.2) is 44.3 Å². The van der Waals surface area contributed by atoms with Crippen LogP contribution in [0.2, 0.25) is 0 Å². The fourth-order valence-corrected chi connectivity index (χ4v) is 1.58. The minimum absolute atomic E-state index is 0.205. The van der Waals surface area contributed by atoms with Crippen LogP contribution in [0.5, 0.6) is 0 Å². The van der Waals surface area contributed by atoms with Crippen molar-refractivity contribution in [2.75, 3.05) is 0 Å². The van der Waals surface area contributed by atoms with Gasteiger partial charge in [-0.2, -0.15) is 10.2 Å². The van der Waals surface area contributed by atoms with E-state index in [-0.39, 0.29) is 5.56 Å². The van der Waals surface area contributed by atoms with Gasteiger partial charge in [-0.25, -0.2) is 4.79 Å². The van der Waals surface area contributed by atoms with E-state index in [4.69, 9.17) is 10.2 Å². The number of amides is 1. The largest absolute Gasteiger partial charge is 0.481 e. The van der Waals surface area contributed by atoms with Crippen LogP contribution in [0.25, 0.3) is 0 Å². The monoisotopic (exact) mass is 281 g/mol. The van der Waals surface area contributed by atoms with Gasteiger partial charge in [0.05, 0.1) is 23.4 Å². The summed E-state index contributed by atoms with van der Waals surface area (Å²) < 4.78 is 0. The Labute approximate surface area is 114 Å². The van der Waals surface area contributed by atoms with Gasteiger partial charge in [0.1, 0.15) is 6.04 Å². The lowest BCUT2D eigenvalue weighted by Gasteiger charge is -2.13. The number of hydrogen-bond donors (Lipinski definition) is 3. The molecule has 0 saturated carbocycles. The molecule has 0 aliphatic heterocycles. The number of aromatic nitrogens is 2. The van der Waals surface area contributed by atoms with Crippen LogP contribution in [0.4, 0.5) is 0 Å². The van der Waals surface area contributed by atoms with Crippen molar-refractivity contribution in [1.82, 2.24) is 15.5 Å². The maximum absolute atomic E-state index is 12.0. The lowest BCUT2D eigenvalue weighted by molar-refractivity contribution is -0.145. The third-order valence-corrected chi connectivity index (χ3v) is 2.55. The summed E-state index contributed by atoms with van der Waals surface area (Å²) >= 11 is 0. The average molecular weight is 281 g/mol. The van der Waals surface area contributed by atoms with Crippen LogP contribution in [-0.2, 0) is 16.0 Å². The Kier molecular flexibility index (Phi) is 5.13. The fourth-order valence-electron chi connectivity index (χ4n) is 1.58. The molecule has 1 aromatic heterocycles. The Morgan fingerprint density at radius 2 is 1.95 bits per heavy atom. The second-order valence-corrected chi connectivity index (χ2v) is 4.16. The molecule has 0 aromatic carbocycles. The van der Waals surface area contributed by atoms with E-state index >= 15 is 0 Å². The highest BCUT2D eigenvalue weighted by atomic mass is 16.4. The molecule has 3 N–H and O–H groups in total. The van der Waals surface area contributed by atoms with E-state index in [1.807, 2.05) is 0 Å². The summed E-state index contributed by atoms with van der Waals surface area (Å²) in [6.07, 6.45) is -0.243. The summed E-state index contributed by atoms with van der Waals surface area (Å²) in [6.45, 7) is 3.43. The summed E-state index contributed by atoms with van der Waals surface area (Å²) in [4.78, 5) is 33.5. The van der Waals surface area contributed by atoms with Crippen LogP contribution in [0.15, 0.2) is 6.07 Å². The fraction of sp³-hybridized carbons (Fsp3) is 0.417. The molecule has 20 heavy (non-hydrogen) atoms. The van der Waals surface area contributed by atoms with Gasteiger partial charge in [0, 0.05) is 0 Å². The molecule has 0 spiro atoms. The van der Waals surface area contributed by atoms with E-state index in [2.05, 4.69) is 15.5 Å². The standard InChI is InChI=1S/C12H15N3O5/c1-3-8-7(4-6(2)14-15-8)11(18)13-9(12(19)20)5-10(16)17/h4,9H,3,5H2,1-2H3,(H,13,18)(H,16,17)(H,19,20)/t9-/m0/s1. The molecule has 1 heterocycles. The molecule has 1 amide bonds. The number of nitrogens with zero attached hydrogens (tertiary/aromatic N) is 2. The summed E-state index contributed by atoms with van der Waals surface area (Å²) in [7, 11) is 0. The molecule has 8 nitrogen and oxygen atoms in total. The second kappa shape index (κ2) is 6.60. The first kappa shape index (κ1) is 15.5. The molecule has 108 valence electrons. The lowest BCUT2D eigenvalue weighted by atomic mass is 10.1. The van der Waals surface area contributed by atoms with Gasteiger partial charge in [-0.3, -0.25) is 9.59 Å². The van der Waals surface area contributed by atoms with Crippen molar-refractivity contribution in [2.45, 2.75) is 32.7 Å². The van der Waals surface area contributed by atoms with Crippen molar-refractivity contribution in [1.29, 1.82) is 0 Å². The Balaban J connectivity index is 2.96. The van der Waals surface area contributed by atoms with Gasteiger partial charge in [0.2, 0.25) is 0 Å². The average Bonchev–Trinajstić information content (AvgIpc) is 2.37. The number of aryl methyl sites for hydroxylation is 2. The van der Waals surface area contributed by atoms with Crippen LogP contribution >= 0.6 is 0 Å². The minimum atomic E-state index is -1.49. The van der Waals surface area contributed by atoms with E-state index in [0.717, 1.165) is 0 Å². The highest BCUT2D eigenvalue weighted by molar-refractivity contribution is 5.98. The molecule has 0 unspecified atom stereocenters. The Morgan fingerprint density at radius 1 is 1.30 bits per heavy atom. The zero-order valence-electron chi connectivity index (χ0n) is 11.1. The number of carbonyl (C=O) groups excluding carboxylic acids is 1. The number of nitrogens with one attached hydrogen (secondary N) is 1. The van der Waals surface area contributed by atoms with E-state index in [9.17, 15) is 14.4 Å². The quantitative estimate of drug-likeness (QED) is 0.669. The molecule has 0 bridgehead atoms. The summed E-state index contributed by atoms with van der Waals surface area (Å²) in [5, 5.41) is 27.4. The molecule has 1 rings (SSSR count). The Bertz CT molecular complexity index is 544. The van der Waals surface area contributed by atoms with Gasteiger partial charge in [0.25, 0.3) is 5.91 Å². The zero-order chi connectivity index (χ0) is 15.3. The Hall–Kier alpha value is -2.51. The molecular weight excluding hydrogens is 266 g/mol. The van der Waals surface area contributed by atoms with Crippen molar-refractivity contribution in [3.63, 3.8) is 0 Å². The number of carboxylic acid groups (broad SMARTS) is 2. The molecular formula is C12H15N3O5. The Morgan fingerprint density at radius 3 is 2.45 bits per heavy atom. The number of hydrogen-bond acceptors (Lipinski definition) is 5. The topological polar surface area (TPSA) is 129 Å². The van der Waals surface area contributed by atoms with E-state index in [1.54, 1.807) is 13.8 Å². The third-order valence-electron chi connectivity index (χ3n) is 2.55. The second-order valence-electron chi connectivity index (χ2n) is 4.16. The van der Waals surface area contributed by atoms with Crippen molar-refractivity contribution < 1.29 is 24.6 Å². The van der Waals surface area contributed by atoms with Crippen LogP contribution in [0, 0.1) is 6.92 Å². The summed E-state index contributed by atoms with van der Waals surface area (Å²) in [5.41, 5.74) is 1.14. The van der Waals surface area contributed by atoms with E-state index in [0.29, 0.717) is 17.8 Å². The van der Waals surface area contributed by atoms with Gasteiger partial charge in [-0.15, -0.1) is 0 Å². The molecule has 0 saturated heterocycles. The predicted molar refractivity (Wildman–Crippen MR) is 67.3 cm³/mol. The first-order valence-electron chi connectivity index (χ1n) is 5.93. The van der Waals surface area contributed by atoms with Crippen LogP contribution in [0.3, 0.4) is 0 Å². The van der Waals surface area contributed by atoms with Gasteiger partial charge < -0.3 is 15.5 Å². The molecule has 0 radical (unpaired) electrons. The summed E-state index contributed by atoms with van der Waals surface area (Å²) in [6, 6.07) is -0.000850. The van der Waals surface area contributed by atoms with Gasteiger partial charge >= 0.3 is 11.9 Å². The maximum Gasteiger partial charge on any atom is 0.326 e. The number of aliphatic carboxylic acids is 2. The smallest absolute Gasteiger partial charge is 0.326 e. The molecule has 0 aliphatic carbocycles. The number of rotatable bonds is 6. The van der Waals surface area contributed by atoms with Crippen molar-refractivity contribution in [3.05, 3.63) is 23.0 Å². The van der Waals surface area contributed by atoms with Crippen molar-refractivity contribution in [2.24, 2.45) is 0 Å². The normalized spacial score (nSPS) is 11.7. The van der Waals surface area contributed by atoms with Gasteiger partial charge in [-0.1, -0.05) is 6.92 Å². The predicted octanol–water partition coefficient (Wildman–Crippen LogP) is 0.00512. The van der Waals surface area contributed by atoms with Crippen molar-refractivity contribution >= 4 is 17.8 Å². The maximum atomic E-state index is 12.0.